The molecule has 2 aliphatic carbocycles. The standard InChI is InChI=1S/C19H27NO2/c1-14(19(21)20-17-9-3-2-4-10-17)22-18-12-11-15-7-5-6-8-16(15)13-18/h11-14,17H,2-10H2,1H3,(H,20,21)/t14-/m0/s1. The first-order valence-corrected chi connectivity index (χ1v) is 8.81. The Kier molecular flexibility index (Phi) is 5.01. The Bertz CT molecular complexity index is 520. The maximum Gasteiger partial charge on any atom is 0.260 e. The number of hydrogen-bond acceptors (Lipinski definition) is 2. The third kappa shape index (κ3) is 3.82. The zero-order valence-electron chi connectivity index (χ0n) is 13.6. The first-order chi connectivity index (χ1) is 10.7. The van der Waals surface area contributed by atoms with Gasteiger partial charge in [0.25, 0.3) is 5.91 Å². The van der Waals surface area contributed by atoms with Crippen molar-refractivity contribution in [3.63, 3.8) is 0 Å². The van der Waals surface area contributed by atoms with Crippen LogP contribution in [0.4, 0.5) is 0 Å². The van der Waals surface area contributed by atoms with E-state index in [1.807, 2.05) is 13.0 Å². The van der Waals surface area contributed by atoms with Gasteiger partial charge in [-0.25, -0.2) is 0 Å². The lowest BCUT2D eigenvalue weighted by Crippen LogP contribution is -2.43. The van der Waals surface area contributed by atoms with E-state index in [9.17, 15) is 4.79 Å². The molecule has 0 radical (unpaired) electrons. The molecule has 0 unspecified atom stereocenters. The topological polar surface area (TPSA) is 38.3 Å². The number of rotatable bonds is 4. The molecule has 1 fully saturated rings. The maximum atomic E-state index is 12.3. The van der Waals surface area contributed by atoms with Gasteiger partial charge in [-0.05, 0) is 68.7 Å². The summed E-state index contributed by atoms with van der Waals surface area (Å²) in [7, 11) is 0. The van der Waals surface area contributed by atoms with Crippen LogP contribution in [0.15, 0.2) is 18.2 Å². The van der Waals surface area contributed by atoms with Gasteiger partial charge in [-0.1, -0.05) is 25.3 Å². The molecule has 0 bridgehead atoms. The second kappa shape index (κ2) is 7.17. The van der Waals surface area contributed by atoms with Crippen LogP contribution in [0.3, 0.4) is 0 Å². The van der Waals surface area contributed by atoms with E-state index in [0.29, 0.717) is 6.04 Å². The Morgan fingerprint density at radius 1 is 1.09 bits per heavy atom. The Labute approximate surface area is 133 Å². The van der Waals surface area contributed by atoms with E-state index >= 15 is 0 Å². The van der Waals surface area contributed by atoms with Crippen molar-refractivity contribution >= 4 is 5.91 Å². The highest BCUT2D eigenvalue weighted by Crippen LogP contribution is 2.26. The van der Waals surface area contributed by atoms with Crippen LogP contribution in [-0.2, 0) is 17.6 Å². The van der Waals surface area contributed by atoms with Crippen molar-refractivity contribution in [2.24, 2.45) is 0 Å². The number of aryl methyl sites for hydroxylation is 2. The molecule has 3 rings (SSSR count). The average molecular weight is 301 g/mol. The van der Waals surface area contributed by atoms with Gasteiger partial charge < -0.3 is 10.1 Å². The minimum absolute atomic E-state index is 0.0182. The number of ether oxygens (including phenoxy) is 1. The highest BCUT2D eigenvalue weighted by atomic mass is 16.5. The lowest BCUT2D eigenvalue weighted by Gasteiger charge is -2.25. The average Bonchev–Trinajstić information content (AvgIpc) is 2.55. The minimum Gasteiger partial charge on any atom is -0.481 e. The summed E-state index contributed by atoms with van der Waals surface area (Å²) in [6.07, 6.45) is 10.4. The number of hydrogen-bond donors (Lipinski definition) is 1. The smallest absolute Gasteiger partial charge is 0.260 e. The lowest BCUT2D eigenvalue weighted by atomic mass is 9.92. The van der Waals surface area contributed by atoms with Crippen LogP contribution >= 0.6 is 0 Å². The Morgan fingerprint density at radius 3 is 2.59 bits per heavy atom. The number of fused-ring (bicyclic) bond motifs is 1. The molecule has 1 N–H and O–H groups in total. The first-order valence-electron chi connectivity index (χ1n) is 8.81. The van der Waals surface area contributed by atoms with Crippen molar-refractivity contribution in [3.05, 3.63) is 29.3 Å². The van der Waals surface area contributed by atoms with Crippen molar-refractivity contribution in [1.82, 2.24) is 5.32 Å². The molecule has 1 saturated carbocycles. The quantitative estimate of drug-likeness (QED) is 0.919. The van der Waals surface area contributed by atoms with Crippen LogP contribution in [0.25, 0.3) is 0 Å². The van der Waals surface area contributed by atoms with Crippen molar-refractivity contribution in [2.45, 2.75) is 76.9 Å². The van der Waals surface area contributed by atoms with E-state index in [-0.39, 0.29) is 5.91 Å². The molecule has 1 aromatic carbocycles. The van der Waals surface area contributed by atoms with Gasteiger partial charge in [0.15, 0.2) is 6.10 Å². The minimum atomic E-state index is -0.427. The normalized spacial score (nSPS) is 20.0. The third-order valence-electron chi connectivity index (χ3n) is 4.95. The number of amides is 1. The Hall–Kier alpha value is -1.51. The summed E-state index contributed by atoms with van der Waals surface area (Å²) < 4.78 is 5.87. The van der Waals surface area contributed by atoms with Gasteiger partial charge in [0.1, 0.15) is 5.75 Å². The van der Waals surface area contributed by atoms with Crippen LogP contribution in [-0.4, -0.2) is 18.1 Å². The summed E-state index contributed by atoms with van der Waals surface area (Å²) in [5.41, 5.74) is 2.83. The largest absolute Gasteiger partial charge is 0.481 e. The Balaban J connectivity index is 1.56. The number of carbonyl (C=O) groups excluding carboxylic acids is 1. The summed E-state index contributed by atoms with van der Waals surface area (Å²) in [5, 5.41) is 3.14. The van der Waals surface area contributed by atoms with Gasteiger partial charge in [-0.3, -0.25) is 4.79 Å². The molecule has 3 heteroatoms. The summed E-state index contributed by atoms with van der Waals surface area (Å²) in [6.45, 7) is 1.84. The first kappa shape index (κ1) is 15.4. The molecule has 0 aromatic heterocycles. The molecule has 1 amide bonds. The van der Waals surface area contributed by atoms with Gasteiger partial charge in [-0.15, -0.1) is 0 Å². The molecule has 1 aromatic rings. The maximum absolute atomic E-state index is 12.3. The van der Waals surface area contributed by atoms with Crippen LogP contribution < -0.4 is 10.1 Å². The summed E-state index contributed by atoms with van der Waals surface area (Å²) >= 11 is 0. The van der Waals surface area contributed by atoms with Gasteiger partial charge in [0.05, 0.1) is 0 Å². The Morgan fingerprint density at radius 2 is 1.82 bits per heavy atom. The van der Waals surface area contributed by atoms with E-state index in [0.717, 1.165) is 25.0 Å². The van der Waals surface area contributed by atoms with Crippen LogP contribution in [0.2, 0.25) is 0 Å². The van der Waals surface area contributed by atoms with E-state index in [1.165, 1.54) is 49.7 Å². The molecule has 2 aliphatic rings. The van der Waals surface area contributed by atoms with Gasteiger partial charge in [0.2, 0.25) is 0 Å². The highest BCUT2D eigenvalue weighted by Gasteiger charge is 2.21. The predicted octanol–water partition coefficient (Wildman–Crippen LogP) is 3.78. The van der Waals surface area contributed by atoms with E-state index in [1.54, 1.807) is 0 Å². The highest BCUT2D eigenvalue weighted by molar-refractivity contribution is 5.81. The summed E-state index contributed by atoms with van der Waals surface area (Å²) in [4.78, 5) is 12.3. The van der Waals surface area contributed by atoms with E-state index < -0.39 is 6.10 Å². The van der Waals surface area contributed by atoms with Gasteiger partial charge >= 0.3 is 0 Å². The number of carbonyl (C=O) groups is 1. The van der Waals surface area contributed by atoms with Crippen molar-refractivity contribution in [3.8, 4) is 5.75 Å². The number of benzene rings is 1. The predicted molar refractivity (Wildman–Crippen MR) is 88.2 cm³/mol. The van der Waals surface area contributed by atoms with Crippen LogP contribution in [0, 0.1) is 0 Å². The molecule has 0 spiro atoms. The fourth-order valence-electron chi connectivity index (χ4n) is 3.61. The lowest BCUT2D eigenvalue weighted by molar-refractivity contribution is -0.128. The molecular formula is C19H27NO2. The fraction of sp³-hybridized carbons (Fsp3) is 0.632. The molecule has 22 heavy (non-hydrogen) atoms. The van der Waals surface area contributed by atoms with Crippen LogP contribution in [0.1, 0.15) is 63.0 Å². The molecule has 1 atom stereocenters. The molecule has 0 heterocycles. The van der Waals surface area contributed by atoms with Crippen molar-refractivity contribution in [1.29, 1.82) is 0 Å². The second-order valence-electron chi connectivity index (χ2n) is 6.74. The number of nitrogens with one attached hydrogen (secondary N) is 1. The molecule has 120 valence electrons. The van der Waals surface area contributed by atoms with Gasteiger partial charge in [-0.2, -0.15) is 0 Å². The van der Waals surface area contributed by atoms with E-state index in [4.69, 9.17) is 4.74 Å². The zero-order valence-corrected chi connectivity index (χ0v) is 13.6. The zero-order chi connectivity index (χ0) is 15.4. The third-order valence-corrected chi connectivity index (χ3v) is 4.95. The summed E-state index contributed by atoms with van der Waals surface area (Å²) in [6, 6.07) is 6.64. The molecule has 3 nitrogen and oxygen atoms in total. The van der Waals surface area contributed by atoms with Crippen LogP contribution in [0.5, 0.6) is 5.75 Å². The monoisotopic (exact) mass is 301 g/mol. The second-order valence-corrected chi connectivity index (χ2v) is 6.74. The molecular weight excluding hydrogens is 274 g/mol. The molecule has 0 aliphatic heterocycles. The van der Waals surface area contributed by atoms with E-state index in [2.05, 4.69) is 17.4 Å². The van der Waals surface area contributed by atoms with Crippen molar-refractivity contribution < 1.29 is 9.53 Å². The molecule has 0 saturated heterocycles. The van der Waals surface area contributed by atoms with Crippen molar-refractivity contribution in [2.75, 3.05) is 0 Å². The SMILES string of the molecule is C[C@H](Oc1ccc2c(c1)CCCC2)C(=O)NC1CCCCC1. The fourth-order valence-corrected chi connectivity index (χ4v) is 3.61. The summed E-state index contributed by atoms with van der Waals surface area (Å²) in [5.74, 6) is 0.844. The van der Waals surface area contributed by atoms with Gasteiger partial charge in [0, 0.05) is 6.04 Å².